The smallest absolute Gasteiger partial charge is 0.352 e. The van der Waals surface area contributed by atoms with E-state index >= 15 is 0 Å². The number of carbonyl (C=O) groups is 3. The first-order chi connectivity index (χ1) is 15.8. The molecule has 1 saturated heterocycles. The zero-order valence-corrected chi connectivity index (χ0v) is 19.7. The maximum atomic E-state index is 12.9. The monoisotopic (exact) mass is 510 g/mol. The third-order valence-corrected chi connectivity index (χ3v) is 7.88. The standard InChI is InChI=1S/C17H18N8O5S3/c1-24-6-19-22-17(24)33-4-7-3-31-14-10(13(27)25(14)11(7)15(28)29)21-12(26)9(23-30-2)8-5-32-16(18)20-8/h5-6,10,14H,3-4H2,1-2H3,(H2,18,20)(H,21,26)(H,28,29)/b23-9+/t10-,14-/m1/s1. The third kappa shape index (κ3) is 4.40. The van der Waals surface area contributed by atoms with Crippen molar-refractivity contribution >= 4 is 63.5 Å². The highest BCUT2D eigenvalue weighted by Gasteiger charge is 2.54. The molecule has 2 aliphatic heterocycles. The molecule has 33 heavy (non-hydrogen) atoms. The van der Waals surface area contributed by atoms with Gasteiger partial charge in [0.1, 0.15) is 36.2 Å². The summed E-state index contributed by atoms with van der Waals surface area (Å²) in [5.74, 6) is -1.68. The summed E-state index contributed by atoms with van der Waals surface area (Å²) in [5.41, 5.74) is 6.23. The number of fused-ring (bicyclic) bond motifs is 1. The summed E-state index contributed by atoms with van der Waals surface area (Å²) >= 11 is 3.83. The summed E-state index contributed by atoms with van der Waals surface area (Å²) in [6.45, 7) is 0. The van der Waals surface area contributed by atoms with Crippen molar-refractivity contribution in [1.82, 2.24) is 30.0 Å². The second-order valence-electron chi connectivity index (χ2n) is 6.82. The van der Waals surface area contributed by atoms with Crippen molar-refractivity contribution < 1.29 is 24.3 Å². The predicted molar refractivity (Wildman–Crippen MR) is 121 cm³/mol. The van der Waals surface area contributed by atoms with E-state index < -0.39 is 29.2 Å². The number of aryl methyl sites for hydroxylation is 1. The van der Waals surface area contributed by atoms with Crippen LogP contribution in [0.5, 0.6) is 0 Å². The summed E-state index contributed by atoms with van der Waals surface area (Å²) in [6, 6.07) is -0.914. The summed E-state index contributed by atoms with van der Waals surface area (Å²) in [5, 5.41) is 25.7. The fourth-order valence-electron chi connectivity index (χ4n) is 3.25. The van der Waals surface area contributed by atoms with E-state index in [1.165, 1.54) is 35.5 Å². The highest BCUT2D eigenvalue weighted by atomic mass is 32.2. The van der Waals surface area contributed by atoms with E-state index in [1.54, 1.807) is 23.3 Å². The molecular weight excluding hydrogens is 492 g/mol. The minimum Gasteiger partial charge on any atom is -0.477 e. The van der Waals surface area contributed by atoms with Gasteiger partial charge >= 0.3 is 5.97 Å². The maximum Gasteiger partial charge on any atom is 0.352 e. The number of aliphatic carboxylic acids is 1. The fourth-order valence-corrected chi connectivity index (χ4v) is 6.17. The maximum absolute atomic E-state index is 12.9. The molecule has 2 aromatic heterocycles. The van der Waals surface area contributed by atoms with E-state index in [4.69, 9.17) is 10.6 Å². The minimum absolute atomic E-state index is 0.0676. The van der Waals surface area contributed by atoms with Gasteiger partial charge in [-0.2, -0.15) is 0 Å². The van der Waals surface area contributed by atoms with Crippen LogP contribution in [-0.4, -0.2) is 83.3 Å². The molecule has 174 valence electrons. The second kappa shape index (κ2) is 9.40. The van der Waals surface area contributed by atoms with Gasteiger partial charge in [-0.3, -0.25) is 14.5 Å². The van der Waals surface area contributed by atoms with Gasteiger partial charge in [0.15, 0.2) is 16.0 Å². The number of β-lactam (4-membered cyclic amide) rings is 1. The summed E-state index contributed by atoms with van der Waals surface area (Å²) in [4.78, 5) is 47.6. The number of nitrogens with zero attached hydrogens (tertiary/aromatic N) is 6. The van der Waals surface area contributed by atoms with E-state index in [1.807, 2.05) is 0 Å². The molecule has 0 unspecified atom stereocenters. The first-order valence-electron chi connectivity index (χ1n) is 9.32. The molecule has 13 nitrogen and oxygen atoms in total. The number of carboxylic acids is 1. The normalized spacial score (nSPS) is 20.4. The molecule has 0 aromatic carbocycles. The number of amides is 2. The number of carboxylic acid groups (broad SMARTS) is 1. The van der Waals surface area contributed by atoms with Crippen LogP contribution in [0.1, 0.15) is 5.69 Å². The number of hydrogen-bond donors (Lipinski definition) is 3. The van der Waals surface area contributed by atoms with E-state index in [0.717, 1.165) is 11.3 Å². The largest absolute Gasteiger partial charge is 0.477 e. The number of thioether (sulfide) groups is 2. The Morgan fingerprint density at radius 1 is 1.48 bits per heavy atom. The topological polar surface area (TPSA) is 178 Å². The van der Waals surface area contributed by atoms with Crippen LogP contribution in [0.15, 0.2) is 33.3 Å². The van der Waals surface area contributed by atoms with E-state index in [2.05, 4.69) is 25.7 Å². The van der Waals surface area contributed by atoms with Gasteiger partial charge in [0.2, 0.25) is 0 Å². The van der Waals surface area contributed by atoms with Crippen molar-refractivity contribution in [3.05, 3.63) is 28.7 Å². The molecule has 4 heterocycles. The number of carbonyl (C=O) groups excluding carboxylic acids is 2. The molecule has 4 rings (SSSR count). The number of oxime groups is 1. The van der Waals surface area contributed by atoms with Crippen LogP contribution in [0.2, 0.25) is 0 Å². The number of nitrogen functional groups attached to an aromatic ring is 1. The van der Waals surface area contributed by atoms with Gasteiger partial charge in [0, 0.05) is 23.9 Å². The lowest BCUT2D eigenvalue weighted by Gasteiger charge is -2.49. The molecule has 0 spiro atoms. The van der Waals surface area contributed by atoms with Crippen molar-refractivity contribution in [2.45, 2.75) is 16.6 Å². The molecule has 2 amide bonds. The Morgan fingerprint density at radius 2 is 2.27 bits per heavy atom. The van der Waals surface area contributed by atoms with E-state index in [9.17, 15) is 19.5 Å². The van der Waals surface area contributed by atoms with Crippen molar-refractivity contribution in [3.63, 3.8) is 0 Å². The molecule has 1 fully saturated rings. The molecular formula is C17H18N8O5S3. The lowest BCUT2D eigenvalue weighted by Crippen LogP contribution is -2.71. The average molecular weight is 511 g/mol. The van der Waals surface area contributed by atoms with Crippen LogP contribution in [0.25, 0.3) is 0 Å². The van der Waals surface area contributed by atoms with Crippen LogP contribution in [0.4, 0.5) is 5.13 Å². The number of hydrogen-bond acceptors (Lipinski definition) is 12. The molecule has 0 bridgehead atoms. The zero-order valence-electron chi connectivity index (χ0n) is 17.3. The number of aromatic nitrogens is 4. The van der Waals surface area contributed by atoms with Gasteiger partial charge in [0.05, 0.1) is 0 Å². The van der Waals surface area contributed by atoms with Crippen molar-refractivity contribution in [2.75, 3.05) is 24.3 Å². The first-order valence-corrected chi connectivity index (χ1v) is 12.2. The van der Waals surface area contributed by atoms with Crippen LogP contribution in [-0.2, 0) is 26.3 Å². The van der Waals surface area contributed by atoms with Gasteiger partial charge in [-0.25, -0.2) is 9.78 Å². The van der Waals surface area contributed by atoms with Crippen LogP contribution in [0, 0.1) is 0 Å². The predicted octanol–water partition coefficient (Wildman–Crippen LogP) is -0.265. The Kier molecular flexibility index (Phi) is 6.57. The quantitative estimate of drug-likeness (QED) is 0.184. The summed E-state index contributed by atoms with van der Waals surface area (Å²) < 4.78 is 1.72. The van der Waals surface area contributed by atoms with Crippen molar-refractivity contribution in [2.24, 2.45) is 12.2 Å². The Labute approximate surface area is 199 Å². The highest BCUT2D eigenvalue weighted by molar-refractivity contribution is 8.01. The molecule has 2 atom stereocenters. The van der Waals surface area contributed by atoms with Crippen molar-refractivity contribution in [1.29, 1.82) is 0 Å². The Balaban J connectivity index is 1.49. The van der Waals surface area contributed by atoms with Gasteiger partial charge in [-0.05, 0) is 5.57 Å². The molecule has 0 aliphatic carbocycles. The van der Waals surface area contributed by atoms with E-state index in [0.29, 0.717) is 22.2 Å². The lowest BCUT2D eigenvalue weighted by atomic mass is 10.0. The Morgan fingerprint density at radius 3 is 2.88 bits per heavy atom. The number of rotatable bonds is 8. The number of anilines is 1. The zero-order chi connectivity index (χ0) is 23.7. The second-order valence-corrected chi connectivity index (χ2v) is 9.76. The number of thiazole rings is 1. The van der Waals surface area contributed by atoms with Gasteiger partial charge in [-0.15, -0.1) is 33.3 Å². The first kappa shape index (κ1) is 23.1. The van der Waals surface area contributed by atoms with Gasteiger partial charge < -0.3 is 25.6 Å². The average Bonchev–Trinajstić information content (AvgIpc) is 3.40. The molecule has 2 aromatic rings. The fraction of sp³-hybridized carbons (Fsp3) is 0.353. The van der Waals surface area contributed by atoms with E-state index in [-0.39, 0.29) is 22.2 Å². The minimum atomic E-state index is -1.20. The molecule has 16 heteroatoms. The van der Waals surface area contributed by atoms with Crippen LogP contribution < -0.4 is 11.1 Å². The van der Waals surface area contributed by atoms with Crippen LogP contribution in [0.3, 0.4) is 0 Å². The highest BCUT2D eigenvalue weighted by Crippen LogP contribution is 2.41. The van der Waals surface area contributed by atoms with Gasteiger partial charge in [0.25, 0.3) is 11.8 Å². The third-order valence-electron chi connectivity index (χ3n) is 4.74. The SMILES string of the molecule is CO/N=C(/C(=O)N[C@@H]1C(=O)N2C(C(=O)O)=C(CSc3nncn3C)CS[C@H]12)c1csc(N)n1. The van der Waals surface area contributed by atoms with Crippen molar-refractivity contribution in [3.8, 4) is 0 Å². The van der Waals surface area contributed by atoms with Gasteiger partial charge in [-0.1, -0.05) is 16.9 Å². The summed E-state index contributed by atoms with van der Waals surface area (Å²) in [7, 11) is 3.06. The Bertz CT molecular complexity index is 1180. The molecule has 2 aliphatic rings. The molecule has 0 saturated carbocycles. The van der Waals surface area contributed by atoms with Crippen LogP contribution >= 0.6 is 34.9 Å². The summed E-state index contributed by atoms with van der Waals surface area (Å²) in [6.07, 6.45) is 1.55. The molecule has 4 N–H and O–H groups in total. The number of nitrogens with one attached hydrogen (secondary N) is 1. The Hall–Kier alpha value is -3.11. The lowest BCUT2D eigenvalue weighted by molar-refractivity contribution is -0.150. The molecule has 0 radical (unpaired) electrons. The number of nitrogens with two attached hydrogens (primary N) is 1.